The molecule has 0 N–H and O–H groups in total. The number of ether oxygens (including phenoxy) is 1. The number of hydrogen-bond donors (Lipinski definition) is 0. The fourth-order valence-corrected chi connectivity index (χ4v) is 2.11. The largest absolute Gasteiger partial charge is 0.466 e. The molecule has 17 heavy (non-hydrogen) atoms. The highest BCUT2D eigenvalue weighted by atomic mass is 16.5. The van der Waals surface area contributed by atoms with Gasteiger partial charge in [-0.3, -0.25) is 9.59 Å². The van der Waals surface area contributed by atoms with Crippen molar-refractivity contribution in [3.63, 3.8) is 0 Å². The Kier molecular flexibility index (Phi) is 5.19. The molecular formula is C13H21NO3. The number of allylic oxidation sites excluding steroid dienone is 1. The smallest absolute Gasteiger partial charge is 0.306 e. The number of Topliss-reactive ketones (excluding diaryl/α,β-unsaturated/α-hetero) is 1. The molecule has 0 aromatic carbocycles. The van der Waals surface area contributed by atoms with Crippen molar-refractivity contribution in [1.82, 2.24) is 4.90 Å². The Hall–Kier alpha value is -1.32. The fourth-order valence-electron chi connectivity index (χ4n) is 2.11. The lowest BCUT2D eigenvalue weighted by Gasteiger charge is -2.23. The molecule has 0 amide bonds. The van der Waals surface area contributed by atoms with E-state index in [2.05, 4.69) is 0 Å². The predicted octanol–water partition coefficient (Wildman–Crippen LogP) is 1.75. The van der Waals surface area contributed by atoms with Crippen LogP contribution in [0.2, 0.25) is 0 Å². The standard InChI is InChI=1S/C13H21NO3/c1-4-17-12(15)8-10-6-5-7-11(13(10)16)9-14(2)3/h9-10H,4-8H2,1-3H3. The van der Waals surface area contributed by atoms with Gasteiger partial charge in [-0.25, -0.2) is 0 Å². The van der Waals surface area contributed by atoms with Gasteiger partial charge in [-0.15, -0.1) is 0 Å². The minimum atomic E-state index is -0.267. The summed E-state index contributed by atoms with van der Waals surface area (Å²) in [4.78, 5) is 25.4. The molecule has 1 atom stereocenters. The summed E-state index contributed by atoms with van der Waals surface area (Å²) in [6, 6.07) is 0. The molecule has 0 bridgehead atoms. The second kappa shape index (κ2) is 6.42. The summed E-state index contributed by atoms with van der Waals surface area (Å²) < 4.78 is 4.89. The van der Waals surface area contributed by atoms with Crippen LogP contribution in [0.5, 0.6) is 0 Å². The first-order chi connectivity index (χ1) is 8.04. The zero-order valence-corrected chi connectivity index (χ0v) is 10.9. The Morgan fingerprint density at radius 3 is 2.82 bits per heavy atom. The second-order valence-corrected chi connectivity index (χ2v) is 4.58. The van der Waals surface area contributed by atoms with Crippen molar-refractivity contribution in [2.75, 3.05) is 20.7 Å². The monoisotopic (exact) mass is 239 g/mol. The van der Waals surface area contributed by atoms with Gasteiger partial charge in [0.25, 0.3) is 0 Å². The molecule has 0 saturated heterocycles. The van der Waals surface area contributed by atoms with E-state index in [1.807, 2.05) is 25.2 Å². The van der Waals surface area contributed by atoms with Gasteiger partial charge >= 0.3 is 5.97 Å². The maximum Gasteiger partial charge on any atom is 0.306 e. The Bertz CT molecular complexity index is 321. The quantitative estimate of drug-likeness (QED) is 0.554. The Labute approximate surface area is 103 Å². The van der Waals surface area contributed by atoms with Crippen molar-refractivity contribution in [2.45, 2.75) is 32.6 Å². The van der Waals surface area contributed by atoms with E-state index in [0.29, 0.717) is 6.61 Å². The van der Waals surface area contributed by atoms with Crippen LogP contribution >= 0.6 is 0 Å². The van der Waals surface area contributed by atoms with Gasteiger partial charge < -0.3 is 9.64 Å². The van der Waals surface area contributed by atoms with Gasteiger partial charge in [0.2, 0.25) is 0 Å². The molecular weight excluding hydrogens is 218 g/mol. The molecule has 1 rings (SSSR count). The molecule has 4 nitrogen and oxygen atoms in total. The Morgan fingerprint density at radius 1 is 1.53 bits per heavy atom. The number of carbonyl (C=O) groups is 2. The van der Waals surface area contributed by atoms with Gasteiger partial charge in [0.1, 0.15) is 0 Å². The lowest BCUT2D eigenvalue weighted by molar-refractivity contribution is -0.146. The SMILES string of the molecule is CCOC(=O)CC1CCCC(=CN(C)C)C1=O. The molecule has 4 heteroatoms. The molecule has 0 heterocycles. The number of hydrogen-bond acceptors (Lipinski definition) is 4. The van der Waals surface area contributed by atoms with E-state index >= 15 is 0 Å². The van der Waals surface area contributed by atoms with Gasteiger partial charge in [0.15, 0.2) is 5.78 Å². The van der Waals surface area contributed by atoms with Crippen LogP contribution in [0.25, 0.3) is 0 Å². The average molecular weight is 239 g/mol. The van der Waals surface area contributed by atoms with Gasteiger partial charge in [-0.2, -0.15) is 0 Å². The van der Waals surface area contributed by atoms with Crippen LogP contribution < -0.4 is 0 Å². The zero-order valence-electron chi connectivity index (χ0n) is 10.9. The number of nitrogens with zero attached hydrogens (tertiary/aromatic N) is 1. The highest BCUT2D eigenvalue weighted by Crippen LogP contribution is 2.27. The van der Waals surface area contributed by atoms with Crippen LogP contribution in [-0.4, -0.2) is 37.4 Å². The van der Waals surface area contributed by atoms with Crippen molar-refractivity contribution >= 4 is 11.8 Å². The van der Waals surface area contributed by atoms with E-state index in [4.69, 9.17) is 4.74 Å². The van der Waals surface area contributed by atoms with Crippen molar-refractivity contribution in [2.24, 2.45) is 5.92 Å². The van der Waals surface area contributed by atoms with E-state index < -0.39 is 0 Å². The van der Waals surface area contributed by atoms with Crippen LogP contribution in [-0.2, 0) is 14.3 Å². The van der Waals surface area contributed by atoms with E-state index in [1.165, 1.54) is 0 Å². The van der Waals surface area contributed by atoms with Crippen molar-refractivity contribution in [3.05, 3.63) is 11.8 Å². The highest BCUT2D eigenvalue weighted by molar-refractivity contribution is 5.99. The van der Waals surface area contributed by atoms with E-state index in [1.54, 1.807) is 6.92 Å². The summed E-state index contributed by atoms with van der Waals surface area (Å²) in [5, 5.41) is 0. The number of ketones is 1. The van der Waals surface area contributed by atoms with Crippen molar-refractivity contribution in [3.8, 4) is 0 Å². The van der Waals surface area contributed by atoms with Crippen molar-refractivity contribution < 1.29 is 14.3 Å². The van der Waals surface area contributed by atoms with Crippen LogP contribution in [0.3, 0.4) is 0 Å². The maximum absolute atomic E-state index is 12.1. The summed E-state index contributed by atoms with van der Waals surface area (Å²) in [6.07, 6.45) is 4.66. The van der Waals surface area contributed by atoms with Gasteiger partial charge in [-0.1, -0.05) is 0 Å². The van der Waals surface area contributed by atoms with Crippen LogP contribution in [0.1, 0.15) is 32.6 Å². The lowest BCUT2D eigenvalue weighted by Crippen LogP contribution is -2.26. The third kappa shape index (κ3) is 4.21. The van der Waals surface area contributed by atoms with E-state index in [0.717, 1.165) is 24.8 Å². The average Bonchev–Trinajstić information content (AvgIpc) is 2.23. The molecule has 0 spiro atoms. The molecule has 1 aliphatic rings. The van der Waals surface area contributed by atoms with Crippen molar-refractivity contribution in [1.29, 1.82) is 0 Å². The third-order valence-electron chi connectivity index (χ3n) is 2.82. The third-order valence-corrected chi connectivity index (χ3v) is 2.82. The molecule has 1 unspecified atom stereocenters. The van der Waals surface area contributed by atoms with Crippen LogP contribution in [0.15, 0.2) is 11.8 Å². The minimum absolute atomic E-state index is 0.109. The molecule has 0 aromatic rings. The summed E-state index contributed by atoms with van der Waals surface area (Å²) in [5.74, 6) is -0.344. The lowest BCUT2D eigenvalue weighted by atomic mass is 9.82. The van der Waals surface area contributed by atoms with E-state index in [9.17, 15) is 9.59 Å². The molecule has 0 aromatic heterocycles. The molecule has 0 aliphatic heterocycles. The predicted molar refractivity (Wildman–Crippen MR) is 65.4 cm³/mol. The first kappa shape index (κ1) is 13.7. The second-order valence-electron chi connectivity index (χ2n) is 4.58. The molecule has 96 valence electrons. The molecule has 0 radical (unpaired) electrons. The van der Waals surface area contributed by atoms with Crippen LogP contribution in [0.4, 0.5) is 0 Å². The van der Waals surface area contributed by atoms with Gasteiger partial charge in [0, 0.05) is 31.8 Å². The highest BCUT2D eigenvalue weighted by Gasteiger charge is 2.28. The van der Waals surface area contributed by atoms with Gasteiger partial charge in [0.05, 0.1) is 13.0 Å². The summed E-state index contributed by atoms with van der Waals surface area (Å²) in [7, 11) is 3.80. The summed E-state index contributed by atoms with van der Waals surface area (Å²) in [5.41, 5.74) is 0.829. The van der Waals surface area contributed by atoms with E-state index in [-0.39, 0.29) is 24.1 Å². The molecule has 1 aliphatic carbocycles. The number of esters is 1. The zero-order chi connectivity index (χ0) is 12.8. The number of rotatable bonds is 4. The number of carbonyl (C=O) groups excluding carboxylic acids is 2. The molecule has 1 fully saturated rings. The summed E-state index contributed by atoms with van der Waals surface area (Å²) in [6.45, 7) is 2.15. The normalized spacial score (nSPS) is 22.6. The topological polar surface area (TPSA) is 46.6 Å². The minimum Gasteiger partial charge on any atom is -0.466 e. The van der Waals surface area contributed by atoms with Crippen LogP contribution in [0, 0.1) is 5.92 Å². The van der Waals surface area contributed by atoms with Gasteiger partial charge in [-0.05, 0) is 26.2 Å². The fraction of sp³-hybridized carbons (Fsp3) is 0.692. The maximum atomic E-state index is 12.1. The Morgan fingerprint density at radius 2 is 2.24 bits per heavy atom. The summed E-state index contributed by atoms with van der Waals surface area (Å²) >= 11 is 0. The molecule has 1 saturated carbocycles. The Balaban J connectivity index is 2.62. The first-order valence-electron chi connectivity index (χ1n) is 6.11. The first-order valence-corrected chi connectivity index (χ1v) is 6.11.